The topological polar surface area (TPSA) is 111 Å². The molecule has 0 fully saturated rings. The fraction of sp³-hybridized carbons (Fsp3) is 0.862. The van der Waals surface area contributed by atoms with Crippen LogP contribution in [0.15, 0.2) is 36.5 Å². The van der Waals surface area contributed by atoms with Crippen molar-refractivity contribution in [2.45, 2.75) is 283 Å². The van der Waals surface area contributed by atoms with E-state index in [0.29, 0.717) is 17.4 Å². The van der Waals surface area contributed by atoms with Gasteiger partial charge in [-0.05, 0) is 57.4 Å². The van der Waals surface area contributed by atoms with Gasteiger partial charge in [0, 0.05) is 12.8 Å². The maximum absolute atomic E-state index is 13.5. The number of allylic oxidation sites excluding steroid dienone is 5. The third-order valence-electron chi connectivity index (χ3n) is 12.8. The molecule has 0 rings (SSSR count). The van der Waals surface area contributed by atoms with E-state index in [1.807, 2.05) is 33.3 Å². The molecule has 3 atom stereocenters. The van der Waals surface area contributed by atoms with Crippen LogP contribution in [-0.4, -0.2) is 74.3 Å². The van der Waals surface area contributed by atoms with Gasteiger partial charge in [-0.2, -0.15) is 0 Å². The monoisotopic (exact) mass is 980 g/mol. The Kier molecular flexibility index (Phi) is 47.6. The Balaban J connectivity index is 5.28. The number of nitrogens with zero attached hydrogens (tertiary/aromatic N) is 1. The summed E-state index contributed by atoms with van der Waals surface area (Å²) >= 11 is 0. The normalized spacial score (nSPS) is 14.0. The van der Waals surface area contributed by atoms with Crippen LogP contribution < -0.4 is 5.32 Å². The number of quaternary nitrogens is 1. The van der Waals surface area contributed by atoms with Crippen LogP contribution in [0.3, 0.4) is 0 Å². The Morgan fingerprint density at radius 2 is 0.941 bits per heavy atom. The van der Waals surface area contributed by atoms with Gasteiger partial charge in [0.05, 0.1) is 33.8 Å². The molecule has 0 spiro atoms. The highest BCUT2D eigenvalue weighted by Gasteiger charge is 2.30. The number of phosphoric acid groups is 1. The van der Waals surface area contributed by atoms with Crippen LogP contribution in [0.25, 0.3) is 0 Å². The van der Waals surface area contributed by atoms with Gasteiger partial charge in [0.15, 0.2) is 0 Å². The standard InChI is InChI=1S/C58H111N2O7P/c1-7-10-13-16-19-22-25-27-29-30-31-32-35-38-41-44-47-50-57(61)59-55(54-66-68(63,64)65-53-52-60(4,5)6)56(49-46-43-40-37-34-24-21-18-15-12-9-3)67-58(62)51-48-45-42-39-36-33-28-26-23-20-17-14-11-8-2/h11,14,20,23,46,49,55-56H,7-10,12-13,15-19,21-22,24-45,47-48,50-54H2,1-6H3,(H-,59,61,63,64)/p+1/b14-11+,23-20+,49-46+. The molecule has 400 valence electrons. The molecule has 0 saturated heterocycles. The number of hydrogen-bond acceptors (Lipinski definition) is 6. The highest BCUT2D eigenvalue weighted by Crippen LogP contribution is 2.43. The molecule has 68 heavy (non-hydrogen) atoms. The molecule has 2 N–H and O–H groups in total. The smallest absolute Gasteiger partial charge is 0.456 e. The van der Waals surface area contributed by atoms with Crippen LogP contribution in [0, 0.1) is 0 Å². The minimum absolute atomic E-state index is 0.0409. The summed E-state index contributed by atoms with van der Waals surface area (Å²) in [6.45, 7) is 6.92. The number of hydrogen-bond donors (Lipinski definition) is 2. The maximum Gasteiger partial charge on any atom is 0.472 e. The van der Waals surface area contributed by atoms with Crippen molar-refractivity contribution in [2.75, 3.05) is 40.9 Å². The fourth-order valence-electron chi connectivity index (χ4n) is 8.39. The third-order valence-corrected chi connectivity index (χ3v) is 13.8. The lowest BCUT2D eigenvalue weighted by atomic mass is 10.0. The number of rotatable bonds is 52. The Bertz CT molecular complexity index is 1270. The lowest BCUT2D eigenvalue weighted by Gasteiger charge is -2.27. The Hall–Kier alpha value is -1.77. The molecule has 0 bridgehead atoms. The van der Waals surface area contributed by atoms with Gasteiger partial charge in [-0.25, -0.2) is 4.57 Å². The van der Waals surface area contributed by atoms with Gasteiger partial charge in [-0.15, -0.1) is 0 Å². The molecule has 0 saturated carbocycles. The Morgan fingerprint density at radius 1 is 0.529 bits per heavy atom. The van der Waals surface area contributed by atoms with Gasteiger partial charge < -0.3 is 19.4 Å². The summed E-state index contributed by atoms with van der Waals surface area (Å²) in [6.07, 6.45) is 57.1. The lowest BCUT2D eigenvalue weighted by molar-refractivity contribution is -0.870. The molecule has 9 nitrogen and oxygen atoms in total. The minimum Gasteiger partial charge on any atom is -0.456 e. The van der Waals surface area contributed by atoms with Crippen molar-refractivity contribution in [3.8, 4) is 0 Å². The number of ether oxygens (including phenoxy) is 1. The Morgan fingerprint density at radius 3 is 1.40 bits per heavy atom. The van der Waals surface area contributed by atoms with Crippen molar-refractivity contribution in [2.24, 2.45) is 0 Å². The van der Waals surface area contributed by atoms with Crippen molar-refractivity contribution in [3.05, 3.63) is 36.5 Å². The number of esters is 1. The van der Waals surface area contributed by atoms with E-state index >= 15 is 0 Å². The first-order valence-corrected chi connectivity index (χ1v) is 30.3. The molecule has 0 heterocycles. The van der Waals surface area contributed by atoms with E-state index in [4.69, 9.17) is 13.8 Å². The Labute approximate surface area is 421 Å². The summed E-state index contributed by atoms with van der Waals surface area (Å²) in [4.78, 5) is 37.5. The van der Waals surface area contributed by atoms with E-state index in [9.17, 15) is 19.0 Å². The van der Waals surface area contributed by atoms with Crippen LogP contribution in [-0.2, 0) is 27.9 Å². The van der Waals surface area contributed by atoms with E-state index in [0.717, 1.165) is 83.5 Å². The molecular weight excluding hydrogens is 868 g/mol. The lowest BCUT2D eigenvalue weighted by Crippen LogP contribution is -2.47. The zero-order valence-corrected chi connectivity index (χ0v) is 46.5. The zero-order chi connectivity index (χ0) is 50.1. The molecule has 0 aromatic carbocycles. The fourth-order valence-corrected chi connectivity index (χ4v) is 9.13. The largest absolute Gasteiger partial charge is 0.472 e. The molecule has 0 aliphatic heterocycles. The summed E-state index contributed by atoms with van der Waals surface area (Å²) in [5.74, 6) is -0.506. The van der Waals surface area contributed by atoms with Crippen LogP contribution in [0.4, 0.5) is 0 Å². The SMILES string of the molecule is CC/C=C/C/C=C/CCCCCCCCCC(=O)OC(/C=C/CCCCCCCCCCC)C(COP(=O)(O)OCC[N+](C)(C)C)NC(=O)CCCCCCCCCCCCCCCCCCC. The van der Waals surface area contributed by atoms with Crippen LogP contribution in [0.5, 0.6) is 0 Å². The van der Waals surface area contributed by atoms with Crippen LogP contribution in [0.1, 0.15) is 271 Å². The number of likely N-dealkylation sites (N-methyl/N-ethyl adjacent to an activating group) is 1. The second kappa shape index (κ2) is 48.8. The molecule has 3 unspecified atom stereocenters. The first-order valence-electron chi connectivity index (χ1n) is 28.8. The van der Waals surface area contributed by atoms with E-state index in [-0.39, 0.29) is 31.5 Å². The number of carbonyl (C=O) groups excluding carboxylic acids is 2. The number of amides is 1. The molecule has 0 aliphatic rings. The molecule has 0 aliphatic carbocycles. The average Bonchev–Trinajstić information content (AvgIpc) is 3.29. The van der Waals surface area contributed by atoms with Gasteiger partial charge in [0.2, 0.25) is 5.91 Å². The van der Waals surface area contributed by atoms with Gasteiger partial charge in [-0.3, -0.25) is 18.6 Å². The highest BCUT2D eigenvalue weighted by molar-refractivity contribution is 7.47. The van der Waals surface area contributed by atoms with Gasteiger partial charge in [-0.1, -0.05) is 237 Å². The quantitative estimate of drug-likeness (QED) is 0.0205. The minimum atomic E-state index is -4.44. The van der Waals surface area contributed by atoms with Gasteiger partial charge in [0.25, 0.3) is 0 Å². The molecule has 0 radical (unpaired) electrons. The second-order valence-electron chi connectivity index (χ2n) is 20.8. The molecule has 0 aromatic heterocycles. The van der Waals surface area contributed by atoms with Crippen molar-refractivity contribution < 1.29 is 37.3 Å². The number of carbonyl (C=O) groups is 2. The highest BCUT2D eigenvalue weighted by atomic mass is 31.2. The van der Waals surface area contributed by atoms with Crippen LogP contribution >= 0.6 is 7.82 Å². The van der Waals surface area contributed by atoms with Gasteiger partial charge in [0.1, 0.15) is 19.3 Å². The van der Waals surface area contributed by atoms with E-state index < -0.39 is 20.0 Å². The summed E-state index contributed by atoms with van der Waals surface area (Å²) in [6, 6.07) is -0.846. The van der Waals surface area contributed by atoms with Crippen molar-refractivity contribution in [1.82, 2.24) is 5.32 Å². The van der Waals surface area contributed by atoms with Crippen molar-refractivity contribution in [1.29, 1.82) is 0 Å². The number of unbranched alkanes of at least 4 members (excludes halogenated alkanes) is 32. The predicted molar refractivity (Wildman–Crippen MR) is 291 cm³/mol. The second-order valence-corrected chi connectivity index (χ2v) is 22.2. The third kappa shape index (κ3) is 49.2. The van der Waals surface area contributed by atoms with Crippen molar-refractivity contribution in [3.63, 3.8) is 0 Å². The molecular formula is C58H112N2O7P+. The van der Waals surface area contributed by atoms with Crippen LogP contribution in [0.2, 0.25) is 0 Å². The summed E-state index contributed by atoms with van der Waals surface area (Å²) in [7, 11) is 1.50. The summed E-state index contributed by atoms with van der Waals surface area (Å²) in [5.41, 5.74) is 0. The predicted octanol–water partition coefficient (Wildman–Crippen LogP) is 17.2. The molecule has 0 aromatic rings. The number of phosphoric ester groups is 1. The van der Waals surface area contributed by atoms with E-state index in [1.165, 1.54) is 154 Å². The van der Waals surface area contributed by atoms with Gasteiger partial charge >= 0.3 is 13.8 Å². The molecule has 10 heteroatoms. The molecule has 1 amide bonds. The zero-order valence-electron chi connectivity index (χ0n) is 45.6. The first-order chi connectivity index (χ1) is 32.9. The first kappa shape index (κ1) is 66.2. The summed E-state index contributed by atoms with van der Waals surface area (Å²) < 4.78 is 30.6. The van der Waals surface area contributed by atoms with Crippen molar-refractivity contribution >= 4 is 19.7 Å². The number of nitrogens with one attached hydrogen (secondary N) is 1. The summed E-state index contributed by atoms with van der Waals surface area (Å²) in [5, 5.41) is 3.05. The average molecular weight is 981 g/mol. The van der Waals surface area contributed by atoms with E-state index in [2.05, 4.69) is 50.4 Å². The van der Waals surface area contributed by atoms with E-state index in [1.54, 1.807) is 0 Å². The maximum atomic E-state index is 13.5.